The van der Waals surface area contributed by atoms with Crippen LogP contribution < -0.4 is 10.1 Å². The lowest BCUT2D eigenvalue weighted by Gasteiger charge is -2.04. The summed E-state index contributed by atoms with van der Waals surface area (Å²) in [5, 5.41) is 2.76. The predicted octanol–water partition coefficient (Wildman–Crippen LogP) is 2.32. The van der Waals surface area contributed by atoms with Gasteiger partial charge in [-0.3, -0.25) is 9.78 Å². The highest BCUT2D eigenvalue weighted by molar-refractivity contribution is 6.19. The Hall–Kier alpha value is -2.95. The number of hydrogen-bond acceptors (Lipinski definition) is 4. The summed E-state index contributed by atoms with van der Waals surface area (Å²) in [5.74, 6) is 1.12. The number of carbonyl (C=O) groups excluding carboxylic acids is 1. The lowest BCUT2D eigenvalue weighted by Crippen LogP contribution is -2.24. The molecule has 2 aromatic rings. The molecule has 1 aliphatic rings. The average Bonchev–Trinajstić information content (AvgIpc) is 2.89. The van der Waals surface area contributed by atoms with E-state index in [2.05, 4.69) is 15.3 Å². The van der Waals surface area contributed by atoms with Crippen molar-refractivity contribution in [2.75, 3.05) is 7.11 Å². The summed E-state index contributed by atoms with van der Waals surface area (Å²) in [6, 6.07) is 9.38. The van der Waals surface area contributed by atoms with Crippen molar-refractivity contribution < 1.29 is 9.53 Å². The molecule has 0 aliphatic carbocycles. The molecule has 0 saturated carbocycles. The van der Waals surface area contributed by atoms with Gasteiger partial charge in [-0.25, -0.2) is 4.99 Å². The van der Waals surface area contributed by atoms with Gasteiger partial charge >= 0.3 is 0 Å². The molecule has 1 N–H and O–H groups in total. The molecule has 0 fully saturated rings. The van der Waals surface area contributed by atoms with Crippen molar-refractivity contribution in [1.29, 1.82) is 0 Å². The van der Waals surface area contributed by atoms with E-state index in [-0.39, 0.29) is 5.91 Å². The first-order valence-corrected chi connectivity index (χ1v) is 6.84. The number of rotatable bonds is 3. The number of hydrogen-bond donors (Lipinski definition) is 1. The Bertz CT molecular complexity index is 780. The summed E-state index contributed by atoms with van der Waals surface area (Å²) in [6.07, 6.45) is 5.10. The topological polar surface area (TPSA) is 63.6 Å². The quantitative estimate of drug-likeness (QED) is 0.883. The van der Waals surface area contributed by atoms with Gasteiger partial charge in [0.2, 0.25) is 0 Å². The molecular formula is C17H15N3O2. The van der Waals surface area contributed by atoms with Gasteiger partial charge < -0.3 is 10.1 Å². The van der Waals surface area contributed by atoms with Crippen LogP contribution in [0, 0.1) is 6.92 Å². The van der Waals surface area contributed by atoms with Crippen molar-refractivity contribution in [3.05, 3.63) is 65.1 Å². The van der Waals surface area contributed by atoms with Crippen molar-refractivity contribution in [1.82, 2.24) is 10.3 Å². The number of aromatic nitrogens is 1. The minimum absolute atomic E-state index is 0.215. The molecular weight excluding hydrogens is 278 g/mol. The molecule has 0 unspecified atom stereocenters. The van der Waals surface area contributed by atoms with Gasteiger partial charge in [0.05, 0.1) is 7.11 Å². The van der Waals surface area contributed by atoms with Crippen LogP contribution in [-0.4, -0.2) is 23.8 Å². The summed E-state index contributed by atoms with van der Waals surface area (Å²) < 4.78 is 5.23. The van der Waals surface area contributed by atoms with Crippen LogP contribution in [0.2, 0.25) is 0 Å². The standard InChI is InChI=1S/C17H15N3O2/c1-11-8-12(5-6-15(11)22-2)9-14-17(21)20-16(19-14)13-4-3-7-18-10-13/h3-10H,1-2H3,(H,19,20,21)/b14-9+. The second-order valence-electron chi connectivity index (χ2n) is 4.91. The van der Waals surface area contributed by atoms with Crippen LogP contribution in [0.4, 0.5) is 0 Å². The maximum absolute atomic E-state index is 12.0. The average molecular weight is 293 g/mol. The third-order valence-corrected chi connectivity index (χ3v) is 3.35. The molecule has 1 aromatic carbocycles. The fourth-order valence-electron chi connectivity index (χ4n) is 2.26. The number of nitrogens with one attached hydrogen (secondary N) is 1. The number of amides is 1. The summed E-state index contributed by atoms with van der Waals surface area (Å²) in [7, 11) is 1.63. The van der Waals surface area contributed by atoms with E-state index >= 15 is 0 Å². The van der Waals surface area contributed by atoms with Gasteiger partial charge in [0.15, 0.2) is 0 Å². The highest BCUT2D eigenvalue weighted by Gasteiger charge is 2.21. The largest absolute Gasteiger partial charge is 0.496 e. The van der Waals surface area contributed by atoms with E-state index in [0.29, 0.717) is 11.5 Å². The molecule has 1 aromatic heterocycles. The molecule has 0 spiro atoms. The van der Waals surface area contributed by atoms with Crippen LogP contribution in [0.25, 0.3) is 6.08 Å². The molecule has 2 heterocycles. The molecule has 3 rings (SSSR count). The van der Waals surface area contributed by atoms with Gasteiger partial charge in [-0.2, -0.15) is 0 Å². The molecule has 0 atom stereocenters. The van der Waals surface area contributed by atoms with Gasteiger partial charge in [0.1, 0.15) is 17.3 Å². The van der Waals surface area contributed by atoms with Crippen LogP contribution in [0.15, 0.2) is 53.4 Å². The Balaban J connectivity index is 1.92. The van der Waals surface area contributed by atoms with Gasteiger partial charge in [-0.1, -0.05) is 6.07 Å². The first kappa shape index (κ1) is 14.0. The minimum atomic E-state index is -0.215. The van der Waals surface area contributed by atoms with Gasteiger partial charge in [-0.05, 0) is 48.4 Å². The van der Waals surface area contributed by atoms with Gasteiger partial charge in [-0.15, -0.1) is 0 Å². The second kappa shape index (κ2) is 5.81. The van der Waals surface area contributed by atoms with Crippen LogP contribution >= 0.6 is 0 Å². The van der Waals surface area contributed by atoms with E-state index in [1.807, 2.05) is 31.2 Å². The van der Waals surface area contributed by atoms with Crippen molar-refractivity contribution in [3.63, 3.8) is 0 Å². The smallest absolute Gasteiger partial charge is 0.275 e. The highest BCUT2D eigenvalue weighted by Crippen LogP contribution is 2.21. The number of benzene rings is 1. The summed E-state index contributed by atoms with van der Waals surface area (Å²) in [6.45, 7) is 1.96. The monoisotopic (exact) mass is 293 g/mol. The summed E-state index contributed by atoms with van der Waals surface area (Å²) in [5.41, 5.74) is 3.07. The van der Waals surface area contributed by atoms with E-state index in [1.54, 1.807) is 31.6 Å². The van der Waals surface area contributed by atoms with Crippen LogP contribution in [0.3, 0.4) is 0 Å². The Morgan fingerprint density at radius 1 is 1.27 bits per heavy atom. The highest BCUT2D eigenvalue weighted by atomic mass is 16.5. The van der Waals surface area contributed by atoms with E-state index < -0.39 is 0 Å². The first-order valence-electron chi connectivity index (χ1n) is 6.84. The number of aliphatic imine (C=N–C) groups is 1. The van der Waals surface area contributed by atoms with Crippen LogP contribution in [-0.2, 0) is 4.79 Å². The normalized spacial score (nSPS) is 15.6. The van der Waals surface area contributed by atoms with Gasteiger partial charge in [0.25, 0.3) is 5.91 Å². The summed E-state index contributed by atoms with van der Waals surface area (Å²) in [4.78, 5) is 20.4. The number of ether oxygens (including phenoxy) is 1. The SMILES string of the molecule is COc1ccc(/C=C2/N=C(c3cccnc3)NC2=O)cc1C. The first-order chi connectivity index (χ1) is 10.7. The zero-order valence-corrected chi connectivity index (χ0v) is 12.3. The fraction of sp³-hybridized carbons (Fsp3) is 0.118. The van der Waals surface area contributed by atoms with E-state index in [9.17, 15) is 4.79 Å². The molecule has 0 bridgehead atoms. The van der Waals surface area contributed by atoms with Crippen molar-refractivity contribution in [2.24, 2.45) is 4.99 Å². The fourth-order valence-corrected chi connectivity index (χ4v) is 2.26. The van der Waals surface area contributed by atoms with Gasteiger partial charge in [0, 0.05) is 18.0 Å². The molecule has 110 valence electrons. The molecule has 1 aliphatic heterocycles. The van der Waals surface area contributed by atoms with Crippen molar-refractivity contribution in [2.45, 2.75) is 6.92 Å². The zero-order chi connectivity index (χ0) is 15.5. The van der Waals surface area contributed by atoms with Crippen molar-refractivity contribution in [3.8, 4) is 5.75 Å². The maximum Gasteiger partial charge on any atom is 0.275 e. The number of carbonyl (C=O) groups is 1. The molecule has 5 nitrogen and oxygen atoms in total. The molecule has 1 amide bonds. The number of pyridine rings is 1. The van der Waals surface area contributed by atoms with Crippen LogP contribution in [0.1, 0.15) is 16.7 Å². The molecule has 0 saturated heterocycles. The Morgan fingerprint density at radius 2 is 2.14 bits per heavy atom. The Labute approximate surface area is 128 Å². The van der Waals surface area contributed by atoms with Crippen LogP contribution in [0.5, 0.6) is 5.75 Å². The maximum atomic E-state index is 12.0. The number of amidine groups is 1. The Kier molecular flexibility index (Phi) is 3.70. The van der Waals surface area contributed by atoms with E-state index in [1.165, 1.54) is 0 Å². The second-order valence-corrected chi connectivity index (χ2v) is 4.91. The van der Waals surface area contributed by atoms with E-state index in [0.717, 1.165) is 22.4 Å². The van der Waals surface area contributed by atoms with E-state index in [4.69, 9.17) is 4.74 Å². The molecule has 5 heteroatoms. The minimum Gasteiger partial charge on any atom is -0.496 e. The molecule has 0 radical (unpaired) electrons. The number of nitrogens with zero attached hydrogens (tertiary/aromatic N) is 2. The summed E-state index contributed by atoms with van der Waals surface area (Å²) >= 11 is 0. The van der Waals surface area contributed by atoms with Crippen molar-refractivity contribution >= 4 is 17.8 Å². The number of methoxy groups -OCH3 is 1. The zero-order valence-electron chi connectivity index (χ0n) is 12.3. The third-order valence-electron chi connectivity index (χ3n) is 3.35. The lowest BCUT2D eigenvalue weighted by atomic mass is 10.1. The molecule has 22 heavy (non-hydrogen) atoms. The lowest BCUT2D eigenvalue weighted by molar-refractivity contribution is -0.115. The number of aryl methyl sites for hydroxylation is 1. The third kappa shape index (κ3) is 2.74. The predicted molar refractivity (Wildman–Crippen MR) is 84.6 cm³/mol. The Morgan fingerprint density at radius 3 is 2.82 bits per heavy atom.